The van der Waals surface area contributed by atoms with Crippen LogP contribution in [0, 0.1) is 0 Å². The summed E-state index contributed by atoms with van der Waals surface area (Å²) in [5.41, 5.74) is 3.80. The lowest BCUT2D eigenvalue weighted by Gasteiger charge is -2.43. The Bertz CT molecular complexity index is 579. The second-order valence-corrected chi connectivity index (χ2v) is 5.39. The first kappa shape index (κ1) is 10.2. The Kier molecular flexibility index (Phi) is 2.04. The Hall–Kier alpha value is -1.77. The van der Waals surface area contributed by atoms with Gasteiger partial charge in [0.1, 0.15) is 5.66 Å². The van der Waals surface area contributed by atoms with Crippen LogP contribution < -0.4 is 5.32 Å². The van der Waals surface area contributed by atoms with E-state index in [9.17, 15) is 0 Å². The standard InChI is InChI=1S/C15H17N3/c1-4-9-15(10-5-1)17-13-7-3-2-6-12(13)14-8-11-16-18(14)15/h2-3,6-8,11,17H,1,4-5,9-10H2. The number of rotatable bonds is 0. The first-order chi connectivity index (χ1) is 8.89. The van der Waals surface area contributed by atoms with E-state index < -0.39 is 0 Å². The monoisotopic (exact) mass is 239 g/mol. The lowest BCUT2D eigenvalue weighted by atomic mass is 9.86. The van der Waals surface area contributed by atoms with Crippen LogP contribution in [0.5, 0.6) is 0 Å². The van der Waals surface area contributed by atoms with E-state index >= 15 is 0 Å². The smallest absolute Gasteiger partial charge is 0.132 e. The summed E-state index contributed by atoms with van der Waals surface area (Å²) in [6.45, 7) is 0. The Morgan fingerprint density at radius 2 is 1.89 bits per heavy atom. The van der Waals surface area contributed by atoms with Gasteiger partial charge in [-0.1, -0.05) is 24.6 Å². The highest BCUT2D eigenvalue weighted by atomic mass is 15.4. The van der Waals surface area contributed by atoms with Crippen molar-refractivity contribution >= 4 is 5.69 Å². The minimum absolute atomic E-state index is 0.0193. The molecule has 0 unspecified atom stereocenters. The molecule has 1 aliphatic heterocycles. The van der Waals surface area contributed by atoms with Crippen molar-refractivity contribution < 1.29 is 0 Å². The highest BCUT2D eigenvalue weighted by Crippen LogP contribution is 2.44. The molecule has 1 aromatic carbocycles. The number of anilines is 1. The number of fused-ring (bicyclic) bond motifs is 4. The van der Waals surface area contributed by atoms with Gasteiger partial charge in [0.05, 0.1) is 5.69 Å². The minimum Gasteiger partial charge on any atom is -0.361 e. The molecule has 2 aliphatic rings. The summed E-state index contributed by atoms with van der Waals surface area (Å²) in [5, 5.41) is 8.34. The van der Waals surface area contributed by atoms with Gasteiger partial charge in [0.2, 0.25) is 0 Å². The molecule has 1 N–H and O–H groups in total. The van der Waals surface area contributed by atoms with Crippen LogP contribution >= 0.6 is 0 Å². The highest BCUT2D eigenvalue weighted by molar-refractivity contribution is 5.78. The van der Waals surface area contributed by atoms with Crippen molar-refractivity contribution in [3.05, 3.63) is 36.5 Å². The molecule has 92 valence electrons. The summed E-state index contributed by atoms with van der Waals surface area (Å²) < 4.78 is 2.22. The Balaban J connectivity index is 1.92. The summed E-state index contributed by atoms with van der Waals surface area (Å²) in [7, 11) is 0. The summed E-state index contributed by atoms with van der Waals surface area (Å²) >= 11 is 0. The number of nitrogens with one attached hydrogen (secondary N) is 1. The Morgan fingerprint density at radius 3 is 2.78 bits per heavy atom. The van der Waals surface area contributed by atoms with E-state index in [1.54, 1.807) is 0 Å². The van der Waals surface area contributed by atoms with Crippen LogP contribution in [-0.4, -0.2) is 9.78 Å². The van der Waals surface area contributed by atoms with Crippen molar-refractivity contribution in [2.24, 2.45) is 0 Å². The average molecular weight is 239 g/mol. The van der Waals surface area contributed by atoms with Crippen LogP contribution in [0.3, 0.4) is 0 Å². The quantitative estimate of drug-likeness (QED) is 0.761. The molecule has 0 radical (unpaired) electrons. The molecule has 4 rings (SSSR count). The summed E-state index contributed by atoms with van der Waals surface area (Å²) in [6, 6.07) is 10.7. The van der Waals surface area contributed by atoms with Gasteiger partial charge >= 0.3 is 0 Å². The van der Waals surface area contributed by atoms with E-state index in [1.165, 1.54) is 49.0 Å². The van der Waals surface area contributed by atoms with Gasteiger partial charge in [-0.2, -0.15) is 5.10 Å². The van der Waals surface area contributed by atoms with Crippen molar-refractivity contribution in [3.63, 3.8) is 0 Å². The van der Waals surface area contributed by atoms with Crippen LogP contribution in [0.4, 0.5) is 5.69 Å². The van der Waals surface area contributed by atoms with Crippen LogP contribution in [0.15, 0.2) is 36.5 Å². The van der Waals surface area contributed by atoms with Gasteiger partial charge in [-0.15, -0.1) is 0 Å². The van der Waals surface area contributed by atoms with E-state index in [-0.39, 0.29) is 5.66 Å². The molecule has 0 saturated heterocycles. The maximum absolute atomic E-state index is 4.59. The number of aromatic nitrogens is 2. The van der Waals surface area contributed by atoms with E-state index in [2.05, 4.69) is 45.4 Å². The zero-order chi connectivity index (χ0) is 12.0. The third-order valence-electron chi connectivity index (χ3n) is 4.30. The fourth-order valence-corrected chi connectivity index (χ4v) is 3.44. The van der Waals surface area contributed by atoms with Crippen molar-refractivity contribution in [1.82, 2.24) is 9.78 Å². The van der Waals surface area contributed by atoms with Gasteiger partial charge in [-0.3, -0.25) is 0 Å². The molecule has 1 aliphatic carbocycles. The number of para-hydroxylation sites is 1. The first-order valence-electron chi connectivity index (χ1n) is 6.81. The third-order valence-corrected chi connectivity index (χ3v) is 4.30. The van der Waals surface area contributed by atoms with Crippen molar-refractivity contribution in [1.29, 1.82) is 0 Å². The molecule has 0 bridgehead atoms. The second-order valence-electron chi connectivity index (χ2n) is 5.39. The maximum atomic E-state index is 4.59. The SMILES string of the molecule is c1ccc2c(c1)NC1(CCCCC1)n1nccc1-2. The molecular weight excluding hydrogens is 222 g/mol. The molecule has 1 saturated carbocycles. The lowest BCUT2D eigenvalue weighted by molar-refractivity contribution is 0.209. The van der Waals surface area contributed by atoms with Gasteiger partial charge in [0.15, 0.2) is 0 Å². The highest BCUT2D eigenvalue weighted by Gasteiger charge is 2.39. The van der Waals surface area contributed by atoms with Gasteiger partial charge in [-0.05, 0) is 37.8 Å². The zero-order valence-corrected chi connectivity index (χ0v) is 10.4. The molecule has 1 spiro atoms. The van der Waals surface area contributed by atoms with Crippen molar-refractivity contribution in [3.8, 4) is 11.3 Å². The minimum atomic E-state index is 0.0193. The summed E-state index contributed by atoms with van der Waals surface area (Å²) in [6.07, 6.45) is 8.20. The van der Waals surface area contributed by atoms with Gasteiger partial charge in [0.25, 0.3) is 0 Å². The fourth-order valence-electron chi connectivity index (χ4n) is 3.44. The van der Waals surface area contributed by atoms with E-state index in [0.717, 1.165) is 0 Å². The van der Waals surface area contributed by atoms with Crippen molar-refractivity contribution in [2.75, 3.05) is 5.32 Å². The molecule has 3 nitrogen and oxygen atoms in total. The number of nitrogens with zero attached hydrogens (tertiary/aromatic N) is 2. The molecule has 18 heavy (non-hydrogen) atoms. The largest absolute Gasteiger partial charge is 0.361 e. The predicted octanol–water partition coefficient (Wildman–Crippen LogP) is 3.59. The summed E-state index contributed by atoms with van der Waals surface area (Å²) in [5.74, 6) is 0. The van der Waals surface area contributed by atoms with Crippen LogP contribution in [-0.2, 0) is 5.66 Å². The van der Waals surface area contributed by atoms with Crippen LogP contribution in [0.2, 0.25) is 0 Å². The molecule has 3 heteroatoms. The average Bonchev–Trinajstić information content (AvgIpc) is 2.90. The molecule has 1 aromatic heterocycles. The molecule has 1 fully saturated rings. The molecule has 2 aromatic rings. The number of hydrogen-bond donors (Lipinski definition) is 1. The van der Waals surface area contributed by atoms with E-state index in [1.807, 2.05) is 6.20 Å². The molecule has 0 amide bonds. The van der Waals surface area contributed by atoms with Gasteiger partial charge in [-0.25, -0.2) is 4.68 Å². The lowest BCUT2D eigenvalue weighted by Crippen LogP contribution is -2.46. The van der Waals surface area contributed by atoms with Gasteiger partial charge in [0, 0.05) is 17.4 Å². The number of benzene rings is 1. The van der Waals surface area contributed by atoms with Crippen LogP contribution in [0.25, 0.3) is 11.3 Å². The Morgan fingerprint density at radius 1 is 1.06 bits per heavy atom. The van der Waals surface area contributed by atoms with E-state index in [0.29, 0.717) is 0 Å². The summed E-state index contributed by atoms with van der Waals surface area (Å²) in [4.78, 5) is 0. The molecule has 2 heterocycles. The zero-order valence-electron chi connectivity index (χ0n) is 10.4. The third kappa shape index (κ3) is 1.27. The fraction of sp³-hybridized carbons (Fsp3) is 0.400. The normalized spacial score (nSPS) is 20.0. The Labute approximate surface area is 107 Å². The molecular formula is C15H17N3. The molecule has 0 atom stereocenters. The predicted molar refractivity (Wildman–Crippen MR) is 72.3 cm³/mol. The topological polar surface area (TPSA) is 29.9 Å². The first-order valence-corrected chi connectivity index (χ1v) is 6.81. The van der Waals surface area contributed by atoms with Crippen LogP contribution in [0.1, 0.15) is 32.1 Å². The second kappa shape index (κ2) is 3.61. The van der Waals surface area contributed by atoms with Crippen molar-refractivity contribution in [2.45, 2.75) is 37.8 Å². The van der Waals surface area contributed by atoms with E-state index in [4.69, 9.17) is 0 Å². The van der Waals surface area contributed by atoms with Gasteiger partial charge < -0.3 is 5.32 Å². The maximum Gasteiger partial charge on any atom is 0.132 e. The number of hydrogen-bond acceptors (Lipinski definition) is 2.